The molecule has 1 amide bonds. The summed E-state index contributed by atoms with van der Waals surface area (Å²) in [6.45, 7) is 3.56. The molecule has 0 unspecified atom stereocenters. The Morgan fingerprint density at radius 1 is 1.59 bits per heavy atom. The fraction of sp³-hybridized carbons (Fsp3) is 0.500. The lowest BCUT2D eigenvalue weighted by Gasteiger charge is -2.20. The van der Waals surface area contributed by atoms with Crippen LogP contribution in [0, 0.1) is 5.92 Å². The average molecular weight is 234 g/mol. The quantitative estimate of drug-likeness (QED) is 0.594. The zero-order valence-electron chi connectivity index (χ0n) is 10.0. The molecule has 0 aliphatic heterocycles. The van der Waals surface area contributed by atoms with E-state index in [4.69, 9.17) is 5.84 Å². The van der Waals surface area contributed by atoms with E-state index in [2.05, 4.69) is 10.4 Å². The second kappa shape index (κ2) is 5.14. The Balaban J connectivity index is 2.09. The summed E-state index contributed by atoms with van der Waals surface area (Å²) in [7, 11) is 0. The molecule has 0 bridgehead atoms. The van der Waals surface area contributed by atoms with Gasteiger partial charge in [0.15, 0.2) is 0 Å². The predicted octanol–water partition coefficient (Wildman–Crippen LogP) is 1.24. The molecule has 1 aliphatic rings. The van der Waals surface area contributed by atoms with Crippen LogP contribution in [0.2, 0.25) is 0 Å². The molecule has 1 aromatic heterocycles. The maximum atomic E-state index is 12.2. The number of aromatic nitrogens is 1. The van der Waals surface area contributed by atoms with Crippen molar-refractivity contribution in [3.63, 3.8) is 0 Å². The van der Waals surface area contributed by atoms with Crippen molar-refractivity contribution in [3.8, 4) is 0 Å². The van der Waals surface area contributed by atoms with E-state index in [-0.39, 0.29) is 5.91 Å². The van der Waals surface area contributed by atoms with Crippen LogP contribution in [0.25, 0.3) is 0 Å². The Morgan fingerprint density at radius 2 is 2.35 bits per heavy atom. The minimum Gasteiger partial charge on any atom is -0.337 e. The molecule has 1 fully saturated rings. The molecule has 3 N–H and O–H groups in total. The van der Waals surface area contributed by atoms with Crippen LogP contribution in [-0.4, -0.2) is 28.9 Å². The largest absolute Gasteiger partial charge is 0.337 e. The van der Waals surface area contributed by atoms with Gasteiger partial charge in [-0.2, -0.15) is 0 Å². The van der Waals surface area contributed by atoms with Crippen molar-refractivity contribution in [3.05, 3.63) is 23.9 Å². The highest BCUT2D eigenvalue weighted by molar-refractivity contribution is 5.92. The van der Waals surface area contributed by atoms with Crippen molar-refractivity contribution in [1.29, 1.82) is 0 Å². The molecule has 5 nitrogen and oxygen atoms in total. The number of carbonyl (C=O) groups excluding carboxylic acids is 1. The van der Waals surface area contributed by atoms with Gasteiger partial charge in [0.05, 0.1) is 0 Å². The van der Waals surface area contributed by atoms with Crippen LogP contribution in [0.15, 0.2) is 18.2 Å². The molecule has 1 heterocycles. The summed E-state index contributed by atoms with van der Waals surface area (Å²) in [5, 5.41) is 0. The lowest BCUT2D eigenvalue weighted by atomic mass is 10.3. The zero-order valence-corrected chi connectivity index (χ0v) is 10.0. The smallest absolute Gasteiger partial charge is 0.272 e. The standard InChI is InChI=1S/C12H18N4O/c1-2-16(8-9-6-7-9)12(17)10-4-3-5-11(14-10)15-13/h3-5,9H,2,6-8,13H2,1H3,(H,14,15). The summed E-state index contributed by atoms with van der Waals surface area (Å²) >= 11 is 0. The first kappa shape index (κ1) is 11.9. The molecule has 0 saturated heterocycles. The van der Waals surface area contributed by atoms with Gasteiger partial charge >= 0.3 is 0 Å². The molecule has 2 rings (SSSR count). The predicted molar refractivity (Wildman–Crippen MR) is 66.3 cm³/mol. The first-order chi connectivity index (χ1) is 8.24. The average Bonchev–Trinajstić information content (AvgIpc) is 3.19. The highest BCUT2D eigenvalue weighted by atomic mass is 16.2. The maximum Gasteiger partial charge on any atom is 0.272 e. The van der Waals surface area contributed by atoms with E-state index in [1.807, 2.05) is 11.8 Å². The lowest BCUT2D eigenvalue weighted by Crippen LogP contribution is -2.33. The SMILES string of the molecule is CCN(CC1CC1)C(=O)c1cccc(NN)n1. The second-order valence-electron chi connectivity index (χ2n) is 4.34. The monoisotopic (exact) mass is 234 g/mol. The normalized spacial score (nSPS) is 14.5. The van der Waals surface area contributed by atoms with Crippen molar-refractivity contribution in [1.82, 2.24) is 9.88 Å². The van der Waals surface area contributed by atoms with E-state index in [9.17, 15) is 4.79 Å². The van der Waals surface area contributed by atoms with Crippen LogP contribution in [0.4, 0.5) is 5.82 Å². The van der Waals surface area contributed by atoms with Crippen molar-refractivity contribution < 1.29 is 4.79 Å². The van der Waals surface area contributed by atoms with Gasteiger partial charge in [0.2, 0.25) is 0 Å². The van der Waals surface area contributed by atoms with Crippen molar-refractivity contribution >= 4 is 11.7 Å². The first-order valence-electron chi connectivity index (χ1n) is 5.97. The number of hydrazine groups is 1. The number of carbonyl (C=O) groups is 1. The van der Waals surface area contributed by atoms with E-state index in [1.54, 1.807) is 18.2 Å². The van der Waals surface area contributed by atoms with Crippen LogP contribution in [-0.2, 0) is 0 Å². The topological polar surface area (TPSA) is 71.2 Å². The van der Waals surface area contributed by atoms with Gasteiger partial charge in [-0.3, -0.25) is 4.79 Å². The summed E-state index contributed by atoms with van der Waals surface area (Å²) in [6.07, 6.45) is 2.48. The van der Waals surface area contributed by atoms with Crippen molar-refractivity contribution in [2.45, 2.75) is 19.8 Å². The van der Waals surface area contributed by atoms with Crippen LogP contribution >= 0.6 is 0 Å². The number of hydrogen-bond acceptors (Lipinski definition) is 4. The molecule has 0 atom stereocenters. The number of rotatable bonds is 5. The number of amides is 1. The van der Waals surface area contributed by atoms with Gasteiger partial charge < -0.3 is 10.3 Å². The molecule has 92 valence electrons. The number of pyridine rings is 1. The van der Waals surface area contributed by atoms with E-state index < -0.39 is 0 Å². The third-order valence-electron chi connectivity index (χ3n) is 2.96. The summed E-state index contributed by atoms with van der Waals surface area (Å²) in [5.41, 5.74) is 2.90. The Morgan fingerprint density at radius 3 is 2.94 bits per heavy atom. The number of nitrogen functional groups attached to an aromatic ring is 1. The fourth-order valence-electron chi connectivity index (χ4n) is 1.76. The Labute approximate surface area is 101 Å². The molecule has 17 heavy (non-hydrogen) atoms. The number of nitrogens with one attached hydrogen (secondary N) is 1. The minimum atomic E-state index is -0.0171. The van der Waals surface area contributed by atoms with E-state index >= 15 is 0 Å². The first-order valence-corrected chi connectivity index (χ1v) is 5.97. The van der Waals surface area contributed by atoms with Crippen LogP contribution in [0.3, 0.4) is 0 Å². The summed E-state index contributed by atoms with van der Waals surface area (Å²) < 4.78 is 0. The molecule has 1 saturated carbocycles. The third kappa shape index (κ3) is 2.94. The van der Waals surface area contributed by atoms with Gasteiger partial charge in [-0.15, -0.1) is 0 Å². The van der Waals surface area contributed by atoms with Gasteiger partial charge in [0.1, 0.15) is 11.5 Å². The van der Waals surface area contributed by atoms with Gasteiger partial charge in [0, 0.05) is 13.1 Å². The van der Waals surface area contributed by atoms with Gasteiger partial charge in [-0.25, -0.2) is 10.8 Å². The molecule has 0 aromatic carbocycles. The van der Waals surface area contributed by atoms with Crippen LogP contribution < -0.4 is 11.3 Å². The zero-order chi connectivity index (χ0) is 12.3. The molecule has 0 spiro atoms. The molecule has 5 heteroatoms. The number of nitrogens with two attached hydrogens (primary N) is 1. The highest BCUT2D eigenvalue weighted by Gasteiger charge is 2.26. The number of anilines is 1. The molecule has 1 aliphatic carbocycles. The van der Waals surface area contributed by atoms with Gasteiger partial charge in [-0.05, 0) is 37.8 Å². The summed E-state index contributed by atoms with van der Waals surface area (Å²) in [4.78, 5) is 18.2. The molecular weight excluding hydrogens is 216 g/mol. The van der Waals surface area contributed by atoms with Gasteiger partial charge in [0.25, 0.3) is 5.91 Å². The Hall–Kier alpha value is -1.62. The van der Waals surface area contributed by atoms with E-state index in [0.717, 1.165) is 13.1 Å². The van der Waals surface area contributed by atoms with Gasteiger partial charge in [-0.1, -0.05) is 6.07 Å². The Kier molecular flexibility index (Phi) is 3.58. The van der Waals surface area contributed by atoms with E-state index in [1.165, 1.54) is 12.8 Å². The third-order valence-corrected chi connectivity index (χ3v) is 2.96. The minimum absolute atomic E-state index is 0.0171. The number of hydrogen-bond donors (Lipinski definition) is 2. The lowest BCUT2D eigenvalue weighted by molar-refractivity contribution is 0.0751. The highest BCUT2D eigenvalue weighted by Crippen LogP contribution is 2.30. The molecule has 0 radical (unpaired) electrons. The second-order valence-corrected chi connectivity index (χ2v) is 4.34. The van der Waals surface area contributed by atoms with Crippen molar-refractivity contribution in [2.24, 2.45) is 11.8 Å². The van der Waals surface area contributed by atoms with Crippen molar-refractivity contribution in [2.75, 3.05) is 18.5 Å². The van der Waals surface area contributed by atoms with Crippen LogP contribution in [0.5, 0.6) is 0 Å². The van der Waals surface area contributed by atoms with E-state index in [0.29, 0.717) is 17.4 Å². The number of nitrogens with zero attached hydrogens (tertiary/aromatic N) is 2. The molecular formula is C12H18N4O. The summed E-state index contributed by atoms with van der Waals surface area (Å²) in [6, 6.07) is 5.23. The molecule has 1 aromatic rings. The van der Waals surface area contributed by atoms with Crippen LogP contribution in [0.1, 0.15) is 30.3 Å². The summed E-state index contributed by atoms with van der Waals surface area (Å²) in [5.74, 6) is 6.47. The Bertz CT molecular complexity index is 403. The fourth-order valence-corrected chi connectivity index (χ4v) is 1.76. The maximum absolute atomic E-state index is 12.2.